The van der Waals surface area contributed by atoms with Gasteiger partial charge >= 0.3 is 6.03 Å². The van der Waals surface area contributed by atoms with Gasteiger partial charge in [0.15, 0.2) is 0 Å². The second-order valence-electron chi connectivity index (χ2n) is 6.46. The number of halogens is 2. The van der Waals surface area contributed by atoms with Crippen LogP contribution in [0.1, 0.15) is 24.5 Å². The average molecular weight is 387 g/mol. The summed E-state index contributed by atoms with van der Waals surface area (Å²) in [7, 11) is 0. The van der Waals surface area contributed by atoms with Gasteiger partial charge < -0.3 is 10.6 Å². The van der Waals surface area contributed by atoms with E-state index in [1.54, 1.807) is 13.0 Å². The molecule has 0 bridgehead atoms. The summed E-state index contributed by atoms with van der Waals surface area (Å²) in [5, 5.41) is 5.11. The highest BCUT2D eigenvalue weighted by Gasteiger charge is 2.51. The van der Waals surface area contributed by atoms with Crippen molar-refractivity contribution in [2.45, 2.75) is 25.4 Å². The van der Waals surface area contributed by atoms with Crippen molar-refractivity contribution >= 4 is 17.8 Å². The van der Waals surface area contributed by atoms with Crippen molar-refractivity contribution in [1.82, 2.24) is 15.5 Å². The number of urea groups is 1. The first-order chi connectivity index (χ1) is 13.4. The molecule has 1 aliphatic rings. The van der Waals surface area contributed by atoms with Crippen molar-refractivity contribution in [3.8, 4) is 0 Å². The Kier molecular flexibility index (Phi) is 5.39. The van der Waals surface area contributed by atoms with Crippen molar-refractivity contribution in [1.29, 1.82) is 0 Å². The number of benzene rings is 2. The van der Waals surface area contributed by atoms with Gasteiger partial charge in [0.05, 0.1) is 0 Å². The highest BCUT2D eigenvalue weighted by Crippen LogP contribution is 2.32. The van der Waals surface area contributed by atoms with Gasteiger partial charge in [0.1, 0.15) is 23.7 Å². The highest BCUT2D eigenvalue weighted by atomic mass is 19.1. The van der Waals surface area contributed by atoms with Crippen molar-refractivity contribution in [2.75, 3.05) is 6.54 Å². The molecule has 3 rings (SSSR count). The lowest BCUT2D eigenvalue weighted by Gasteiger charge is -2.25. The number of nitrogens with one attached hydrogen (secondary N) is 2. The molecule has 2 N–H and O–H groups in total. The summed E-state index contributed by atoms with van der Waals surface area (Å²) >= 11 is 0. The maximum absolute atomic E-state index is 13.6. The normalized spacial score (nSPS) is 18.9. The smallest absolute Gasteiger partial charge is 0.325 e. The Bertz CT molecular complexity index is 917. The number of imide groups is 1. The van der Waals surface area contributed by atoms with Gasteiger partial charge in [0, 0.05) is 12.1 Å². The summed E-state index contributed by atoms with van der Waals surface area (Å²) in [5.74, 6) is -2.11. The molecule has 0 aliphatic carbocycles. The van der Waals surface area contributed by atoms with E-state index in [9.17, 15) is 23.2 Å². The number of amides is 4. The molecule has 1 atom stereocenters. The predicted molar refractivity (Wildman–Crippen MR) is 96.9 cm³/mol. The van der Waals surface area contributed by atoms with E-state index in [1.165, 1.54) is 42.5 Å². The fourth-order valence-electron chi connectivity index (χ4n) is 3.18. The van der Waals surface area contributed by atoms with Gasteiger partial charge in [-0.15, -0.1) is 0 Å². The summed E-state index contributed by atoms with van der Waals surface area (Å²) in [6.45, 7) is 1.15. The van der Waals surface area contributed by atoms with Crippen LogP contribution in [0.25, 0.3) is 0 Å². The van der Waals surface area contributed by atoms with E-state index in [2.05, 4.69) is 10.6 Å². The van der Waals surface area contributed by atoms with E-state index in [0.717, 1.165) is 4.90 Å². The molecule has 0 aromatic heterocycles. The molecule has 0 spiro atoms. The molecule has 1 unspecified atom stereocenters. The quantitative estimate of drug-likeness (QED) is 0.748. The molecule has 146 valence electrons. The standard InChI is InChI=1S/C20H19F2N3O3/c1-2-20(14-7-9-15(21)10-8-14)18(27)25(19(28)24-20)12-17(26)23-11-13-5-3-4-6-16(13)22/h3-10H,2,11-12H2,1H3,(H,23,26)(H,24,28). The molecule has 2 aromatic carbocycles. The van der Waals surface area contributed by atoms with Crippen LogP contribution in [0.4, 0.5) is 13.6 Å². The van der Waals surface area contributed by atoms with E-state index in [1.807, 2.05) is 0 Å². The molecule has 0 saturated carbocycles. The second kappa shape index (κ2) is 7.75. The monoisotopic (exact) mass is 387 g/mol. The molecule has 28 heavy (non-hydrogen) atoms. The van der Waals surface area contributed by atoms with E-state index < -0.39 is 41.6 Å². The van der Waals surface area contributed by atoms with Crippen LogP contribution in [-0.2, 0) is 21.7 Å². The van der Waals surface area contributed by atoms with Crippen molar-refractivity contribution in [3.63, 3.8) is 0 Å². The number of nitrogens with zero attached hydrogens (tertiary/aromatic N) is 1. The minimum absolute atomic E-state index is 0.0635. The third-order valence-corrected chi connectivity index (χ3v) is 4.78. The molecule has 8 heteroatoms. The molecule has 2 aromatic rings. The lowest BCUT2D eigenvalue weighted by molar-refractivity contribution is -0.135. The number of hydrogen-bond donors (Lipinski definition) is 2. The predicted octanol–water partition coefficient (Wildman–Crippen LogP) is 2.44. The molecule has 1 fully saturated rings. The first-order valence-electron chi connectivity index (χ1n) is 8.77. The first kappa shape index (κ1) is 19.5. The van der Waals surface area contributed by atoms with Crippen LogP contribution in [0.5, 0.6) is 0 Å². The van der Waals surface area contributed by atoms with Gasteiger partial charge in [-0.1, -0.05) is 37.3 Å². The van der Waals surface area contributed by atoms with E-state index in [-0.39, 0.29) is 13.0 Å². The fraction of sp³-hybridized carbons (Fsp3) is 0.250. The van der Waals surface area contributed by atoms with Crippen LogP contribution < -0.4 is 10.6 Å². The number of hydrogen-bond acceptors (Lipinski definition) is 3. The highest BCUT2D eigenvalue weighted by molar-refractivity contribution is 6.09. The largest absolute Gasteiger partial charge is 0.350 e. The maximum Gasteiger partial charge on any atom is 0.325 e. The molecular weight excluding hydrogens is 368 g/mol. The van der Waals surface area contributed by atoms with Crippen LogP contribution in [-0.4, -0.2) is 29.3 Å². The van der Waals surface area contributed by atoms with Gasteiger partial charge in [-0.2, -0.15) is 0 Å². The first-order valence-corrected chi connectivity index (χ1v) is 8.77. The fourth-order valence-corrected chi connectivity index (χ4v) is 3.18. The number of carbonyl (C=O) groups excluding carboxylic acids is 3. The van der Waals surface area contributed by atoms with Crippen molar-refractivity contribution < 1.29 is 23.2 Å². The molecule has 1 heterocycles. The third kappa shape index (κ3) is 3.58. The van der Waals surface area contributed by atoms with Crippen LogP contribution in [0.2, 0.25) is 0 Å². The minimum Gasteiger partial charge on any atom is -0.350 e. The Labute approximate surface area is 160 Å². The zero-order valence-corrected chi connectivity index (χ0v) is 15.2. The Morgan fingerprint density at radius 1 is 1.11 bits per heavy atom. The number of rotatable bonds is 6. The molecule has 1 saturated heterocycles. The number of carbonyl (C=O) groups is 3. The topological polar surface area (TPSA) is 78.5 Å². The molecule has 1 aliphatic heterocycles. The van der Waals surface area contributed by atoms with Crippen LogP contribution in [0, 0.1) is 11.6 Å². The SMILES string of the molecule is CCC1(c2ccc(F)cc2)NC(=O)N(CC(=O)NCc2ccccc2F)C1=O. The summed E-state index contributed by atoms with van der Waals surface area (Å²) in [6, 6.07) is 10.5. The Balaban J connectivity index is 1.71. The van der Waals surface area contributed by atoms with Crippen LogP contribution in [0.3, 0.4) is 0 Å². The molecular formula is C20H19F2N3O3. The minimum atomic E-state index is -1.35. The molecule has 6 nitrogen and oxygen atoms in total. The van der Waals surface area contributed by atoms with Gasteiger partial charge in [-0.3, -0.25) is 14.5 Å². The van der Waals surface area contributed by atoms with Gasteiger partial charge in [0.2, 0.25) is 5.91 Å². The zero-order valence-electron chi connectivity index (χ0n) is 15.2. The lowest BCUT2D eigenvalue weighted by atomic mass is 9.87. The van der Waals surface area contributed by atoms with Gasteiger partial charge in [0.25, 0.3) is 5.91 Å². The van der Waals surface area contributed by atoms with Gasteiger partial charge in [-0.25, -0.2) is 13.6 Å². The maximum atomic E-state index is 13.6. The summed E-state index contributed by atoms with van der Waals surface area (Å²) in [5.41, 5.74) is -0.623. The second-order valence-corrected chi connectivity index (χ2v) is 6.46. The van der Waals surface area contributed by atoms with E-state index in [4.69, 9.17) is 0 Å². The molecule has 0 radical (unpaired) electrons. The van der Waals surface area contributed by atoms with Crippen LogP contribution >= 0.6 is 0 Å². The molecule has 4 amide bonds. The van der Waals surface area contributed by atoms with E-state index in [0.29, 0.717) is 11.1 Å². The summed E-state index contributed by atoms with van der Waals surface area (Å²) in [4.78, 5) is 38.3. The van der Waals surface area contributed by atoms with Gasteiger partial charge in [-0.05, 0) is 30.2 Å². The van der Waals surface area contributed by atoms with Crippen molar-refractivity contribution in [2.24, 2.45) is 0 Å². The van der Waals surface area contributed by atoms with E-state index >= 15 is 0 Å². The third-order valence-electron chi connectivity index (χ3n) is 4.78. The Hall–Kier alpha value is -3.29. The Morgan fingerprint density at radius 2 is 1.79 bits per heavy atom. The summed E-state index contributed by atoms with van der Waals surface area (Å²) in [6.07, 6.45) is 0.233. The summed E-state index contributed by atoms with van der Waals surface area (Å²) < 4.78 is 26.8. The van der Waals surface area contributed by atoms with Crippen LogP contribution in [0.15, 0.2) is 48.5 Å². The lowest BCUT2D eigenvalue weighted by Crippen LogP contribution is -2.44. The zero-order chi connectivity index (χ0) is 20.3. The Morgan fingerprint density at radius 3 is 2.43 bits per heavy atom. The van der Waals surface area contributed by atoms with Crippen molar-refractivity contribution in [3.05, 3.63) is 71.3 Å². The average Bonchev–Trinajstić information content (AvgIpc) is 2.93.